The molecule has 0 aromatic heterocycles. The van der Waals surface area contributed by atoms with Gasteiger partial charge in [-0.3, -0.25) is 4.90 Å². The number of hydrogen-bond donors (Lipinski definition) is 1. The van der Waals surface area contributed by atoms with Crippen molar-refractivity contribution in [3.63, 3.8) is 0 Å². The van der Waals surface area contributed by atoms with Crippen LogP contribution in [-0.2, 0) is 6.54 Å². The Hall–Kier alpha value is -1.71. The Morgan fingerprint density at radius 3 is 2.33 bits per heavy atom. The summed E-state index contributed by atoms with van der Waals surface area (Å²) in [6.07, 6.45) is 0. The molecule has 0 aliphatic heterocycles. The summed E-state index contributed by atoms with van der Waals surface area (Å²) in [5, 5.41) is 0. The highest BCUT2D eigenvalue weighted by Crippen LogP contribution is 2.23. The third kappa shape index (κ3) is 3.90. The molecule has 0 heterocycles. The van der Waals surface area contributed by atoms with E-state index in [4.69, 9.17) is 5.73 Å². The lowest BCUT2D eigenvalue weighted by Gasteiger charge is -2.30. The van der Waals surface area contributed by atoms with E-state index in [0.29, 0.717) is 6.54 Å². The molecule has 0 radical (unpaired) electrons. The molecule has 2 rings (SSSR count). The predicted molar refractivity (Wildman–Crippen MR) is 85.5 cm³/mol. The zero-order valence-corrected chi connectivity index (χ0v) is 12.7. The third-order valence-electron chi connectivity index (χ3n) is 3.96. The Kier molecular flexibility index (Phi) is 5.48. The molecular formula is C18H23FN2. The van der Waals surface area contributed by atoms with Gasteiger partial charge in [-0.05, 0) is 42.3 Å². The Labute approximate surface area is 126 Å². The van der Waals surface area contributed by atoms with Crippen molar-refractivity contribution in [2.75, 3.05) is 13.1 Å². The fourth-order valence-corrected chi connectivity index (χ4v) is 2.63. The van der Waals surface area contributed by atoms with Crippen LogP contribution in [0.3, 0.4) is 0 Å². The van der Waals surface area contributed by atoms with E-state index in [2.05, 4.69) is 43.0 Å². The first-order valence-electron chi connectivity index (χ1n) is 7.39. The molecule has 1 unspecified atom stereocenters. The molecule has 2 aromatic carbocycles. The van der Waals surface area contributed by atoms with Crippen LogP contribution in [0.15, 0.2) is 48.5 Å². The summed E-state index contributed by atoms with van der Waals surface area (Å²) < 4.78 is 13.1. The molecule has 0 amide bonds. The van der Waals surface area contributed by atoms with Gasteiger partial charge in [0.25, 0.3) is 0 Å². The van der Waals surface area contributed by atoms with E-state index in [1.54, 1.807) is 0 Å². The third-order valence-corrected chi connectivity index (χ3v) is 3.96. The number of halogens is 1. The molecule has 3 heteroatoms. The van der Waals surface area contributed by atoms with Gasteiger partial charge in [-0.15, -0.1) is 0 Å². The molecule has 0 spiro atoms. The maximum Gasteiger partial charge on any atom is 0.123 e. The fraction of sp³-hybridized carbons (Fsp3) is 0.333. The van der Waals surface area contributed by atoms with Crippen LogP contribution < -0.4 is 5.73 Å². The molecule has 112 valence electrons. The van der Waals surface area contributed by atoms with Crippen LogP contribution in [0, 0.1) is 12.7 Å². The topological polar surface area (TPSA) is 29.3 Å². The van der Waals surface area contributed by atoms with Crippen molar-refractivity contribution in [3.8, 4) is 0 Å². The zero-order valence-electron chi connectivity index (χ0n) is 12.7. The maximum absolute atomic E-state index is 13.1. The van der Waals surface area contributed by atoms with Crippen molar-refractivity contribution in [1.82, 2.24) is 4.90 Å². The first-order chi connectivity index (χ1) is 10.2. The van der Waals surface area contributed by atoms with Crippen molar-refractivity contribution in [1.29, 1.82) is 0 Å². The predicted octanol–water partition coefficient (Wildman–Crippen LogP) is 3.66. The number of hydrogen-bond acceptors (Lipinski definition) is 2. The Morgan fingerprint density at radius 1 is 1.10 bits per heavy atom. The standard InChI is InChI=1S/C18H23FN2/c1-3-21(13-16-7-5-4-6-14(16)2)18(12-20)15-8-10-17(19)11-9-15/h4-11,18H,3,12-13,20H2,1-2H3. The second-order valence-electron chi connectivity index (χ2n) is 5.29. The van der Waals surface area contributed by atoms with E-state index in [0.717, 1.165) is 18.7 Å². The molecule has 0 aliphatic rings. The molecule has 2 N–H and O–H groups in total. The number of benzene rings is 2. The molecule has 0 saturated carbocycles. The summed E-state index contributed by atoms with van der Waals surface area (Å²) in [5.41, 5.74) is 9.63. The molecule has 21 heavy (non-hydrogen) atoms. The van der Waals surface area contributed by atoms with E-state index in [1.807, 2.05) is 12.1 Å². The van der Waals surface area contributed by atoms with Crippen molar-refractivity contribution in [2.24, 2.45) is 5.73 Å². The molecule has 1 atom stereocenters. The van der Waals surface area contributed by atoms with E-state index < -0.39 is 0 Å². The van der Waals surface area contributed by atoms with Gasteiger partial charge in [0.05, 0.1) is 0 Å². The van der Waals surface area contributed by atoms with E-state index in [9.17, 15) is 4.39 Å². The average molecular weight is 286 g/mol. The second kappa shape index (κ2) is 7.34. The number of nitrogens with two attached hydrogens (primary N) is 1. The lowest BCUT2D eigenvalue weighted by atomic mass is 10.0. The van der Waals surface area contributed by atoms with Crippen LogP contribution in [0.5, 0.6) is 0 Å². The minimum atomic E-state index is -0.212. The van der Waals surface area contributed by atoms with Gasteiger partial charge in [0, 0.05) is 19.1 Å². The summed E-state index contributed by atoms with van der Waals surface area (Å²) in [6, 6.07) is 15.1. The molecule has 2 nitrogen and oxygen atoms in total. The highest BCUT2D eigenvalue weighted by Gasteiger charge is 2.18. The SMILES string of the molecule is CCN(Cc1ccccc1C)C(CN)c1ccc(F)cc1. The summed E-state index contributed by atoms with van der Waals surface area (Å²) >= 11 is 0. The first kappa shape index (κ1) is 15.7. The minimum Gasteiger partial charge on any atom is -0.329 e. The van der Waals surface area contributed by atoms with Crippen molar-refractivity contribution >= 4 is 0 Å². The summed E-state index contributed by atoms with van der Waals surface area (Å²) in [6.45, 7) is 6.52. The van der Waals surface area contributed by atoms with Gasteiger partial charge in [-0.25, -0.2) is 4.39 Å². The number of likely N-dealkylation sites (N-methyl/N-ethyl adjacent to an activating group) is 1. The Bertz CT molecular complexity index is 566. The lowest BCUT2D eigenvalue weighted by Crippen LogP contribution is -2.33. The summed E-state index contributed by atoms with van der Waals surface area (Å²) in [5.74, 6) is -0.212. The highest BCUT2D eigenvalue weighted by atomic mass is 19.1. The normalized spacial score (nSPS) is 12.6. The van der Waals surface area contributed by atoms with Gasteiger partial charge >= 0.3 is 0 Å². The number of aryl methyl sites for hydroxylation is 1. The molecule has 0 saturated heterocycles. The molecular weight excluding hydrogens is 263 g/mol. The largest absolute Gasteiger partial charge is 0.329 e. The second-order valence-corrected chi connectivity index (χ2v) is 5.29. The first-order valence-corrected chi connectivity index (χ1v) is 7.39. The van der Waals surface area contributed by atoms with Gasteiger partial charge in [-0.1, -0.05) is 43.3 Å². The number of nitrogens with zero attached hydrogens (tertiary/aromatic N) is 1. The van der Waals surface area contributed by atoms with Crippen LogP contribution in [-0.4, -0.2) is 18.0 Å². The van der Waals surface area contributed by atoms with Crippen LogP contribution in [0.4, 0.5) is 4.39 Å². The quantitative estimate of drug-likeness (QED) is 0.878. The zero-order chi connectivity index (χ0) is 15.2. The molecule has 2 aromatic rings. The lowest BCUT2D eigenvalue weighted by molar-refractivity contribution is 0.203. The van der Waals surface area contributed by atoms with Crippen molar-refractivity contribution < 1.29 is 4.39 Å². The van der Waals surface area contributed by atoms with Gasteiger partial charge < -0.3 is 5.73 Å². The van der Waals surface area contributed by atoms with E-state index in [-0.39, 0.29) is 11.9 Å². The smallest absolute Gasteiger partial charge is 0.123 e. The molecule has 0 bridgehead atoms. The van der Waals surface area contributed by atoms with Crippen molar-refractivity contribution in [2.45, 2.75) is 26.4 Å². The van der Waals surface area contributed by atoms with E-state index in [1.165, 1.54) is 23.3 Å². The summed E-state index contributed by atoms with van der Waals surface area (Å²) in [7, 11) is 0. The van der Waals surface area contributed by atoms with Crippen molar-refractivity contribution in [3.05, 3.63) is 71.0 Å². The van der Waals surface area contributed by atoms with Gasteiger partial charge in [0.1, 0.15) is 5.82 Å². The van der Waals surface area contributed by atoms with E-state index >= 15 is 0 Å². The van der Waals surface area contributed by atoms with Crippen LogP contribution in [0.2, 0.25) is 0 Å². The van der Waals surface area contributed by atoms with Gasteiger partial charge in [0.2, 0.25) is 0 Å². The average Bonchev–Trinajstić information content (AvgIpc) is 2.50. The fourth-order valence-electron chi connectivity index (χ4n) is 2.63. The molecule has 0 aliphatic carbocycles. The van der Waals surface area contributed by atoms with Gasteiger partial charge in [-0.2, -0.15) is 0 Å². The Morgan fingerprint density at radius 2 is 1.76 bits per heavy atom. The monoisotopic (exact) mass is 286 g/mol. The van der Waals surface area contributed by atoms with Crippen LogP contribution in [0.1, 0.15) is 29.7 Å². The number of rotatable bonds is 6. The summed E-state index contributed by atoms with van der Waals surface area (Å²) in [4.78, 5) is 2.33. The highest BCUT2D eigenvalue weighted by molar-refractivity contribution is 5.26. The minimum absolute atomic E-state index is 0.107. The van der Waals surface area contributed by atoms with Crippen LogP contribution in [0.25, 0.3) is 0 Å². The van der Waals surface area contributed by atoms with Gasteiger partial charge in [0.15, 0.2) is 0 Å². The van der Waals surface area contributed by atoms with Crippen LogP contribution >= 0.6 is 0 Å². The maximum atomic E-state index is 13.1. The Balaban J connectivity index is 2.21. The molecule has 0 fully saturated rings.